The van der Waals surface area contributed by atoms with Crippen LogP contribution in [0.4, 0.5) is 0 Å². The number of likely N-dealkylation sites (N-methyl/N-ethyl adjacent to an activating group) is 1. The van der Waals surface area contributed by atoms with E-state index in [1.54, 1.807) is 0 Å². The molecule has 122 valence electrons. The van der Waals surface area contributed by atoms with Crippen LogP contribution in [0.5, 0.6) is 0 Å². The third-order valence-corrected chi connectivity index (χ3v) is 3.98. The number of ether oxygens (including phenoxy) is 1. The normalized spacial score (nSPS) is 12.8. The fourth-order valence-corrected chi connectivity index (χ4v) is 2.56. The second kappa shape index (κ2) is 17.0. The van der Waals surface area contributed by atoms with Gasteiger partial charge >= 0.3 is 0 Å². The van der Waals surface area contributed by atoms with Crippen LogP contribution in [-0.4, -0.2) is 26.3 Å². The SMILES string of the molecule is CCCCCCCCCCCCC(COCCC)NC. The third-order valence-electron chi connectivity index (χ3n) is 3.98. The molecular formula is C18H39NO. The minimum Gasteiger partial charge on any atom is -0.380 e. The molecule has 0 aromatic rings. The van der Waals surface area contributed by atoms with Crippen LogP contribution in [0.25, 0.3) is 0 Å². The fourth-order valence-electron chi connectivity index (χ4n) is 2.56. The summed E-state index contributed by atoms with van der Waals surface area (Å²) in [7, 11) is 2.05. The van der Waals surface area contributed by atoms with E-state index >= 15 is 0 Å². The zero-order valence-corrected chi connectivity index (χ0v) is 14.4. The van der Waals surface area contributed by atoms with E-state index in [1.165, 1.54) is 70.6 Å². The topological polar surface area (TPSA) is 21.3 Å². The first kappa shape index (κ1) is 19.9. The molecule has 1 atom stereocenters. The van der Waals surface area contributed by atoms with E-state index in [9.17, 15) is 0 Å². The van der Waals surface area contributed by atoms with E-state index < -0.39 is 0 Å². The Kier molecular flexibility index (Phi) is 16.9. The highest BCUT2D eigenvalue weighted by Crippen LogP contribution is 2.12. The van der Waals surface area contributed by atoms with Crippen molar-refractivity contribution in [2.75, 3.05) is 20.3 Å². The maximum Gasteiger partial charge on any atom is 0.0619 e. The Labute approximate surface area is 128 Å². The van der Waals surface area contributed by atoms with Gasteiger partial charge in [0.1, 0.15) is 0 Å². The smallest absolute Gasteiger partial charge is 0.0619 e. The summed E-state index contributed by atoms with van der Waals surface area (Å²) in [6.45, 7) is 6.22. The molecule has 0 radical (unpaired) electrons. The second-order valence-electron chi connectivity index (χ2n) is 6.03. The van der Waals surface area contributed by atoms with Gasteiger partial charge < -0.3 is 10.1 Å². The van der Waals surface area contributed by atoms with Crippen LogP contribution in [0, 0.1) is 0 Å². The van der Waals surface area contributed by atoms with Crippen molar-refractivity contribution in [2.24, 2.45) is 0 Å². The lowest BCUT2D eigenvalue weighted by Crippen LogP contribution is -2.30. The van der Waals surface area contributed by atoms with Gasteiger partial charge in [-0.3, -0.25) is 0 Å². The molecular weight excluding hydrogens is 246 g/mol. The van der Waals surface area contributed by atoms with Crippen LogP contribution >= 0.6 is 0 Å². The quantitative estimate of drug-likeness (QED) is 0.388. The first-order chi connectivity index (χ1) is 9.85. The van der Waals surface area contributed by atoms with Crippen molar-refractivity contribution >= 4 is 0 Å². The molecule has 0 aliphatic heterocycles. The molecule has 2 heteroatoms. The highest BCUT2D eigenvalue weighted by atomic mass is 16.5. The fraction of sp³-hybridized carbons (Fsp3) is 1.00. The molecule has 0 saturated carbocycles. The number of nitrogens with one attached hydrogen (secondary N) is 1. The monoisotopic (exact) mass is 285 g/mol. The van der Waals surface area contributed by atoms with Crippen molar-refractivity contribution in [3.05, 3.63) is 0 Å². The van der Waals surface area contributed by atoms with Crippen LogP contribution in [0.15, 0.2) is 0 Å². The Morgan fingerprint density at radius 1 is 0.750 bits per heavy atom. The lowest BCUT2D eigenvalue weighted by Gasteiger charge is -2.16. The molecule has 20 heavy (non-hydrogen) atoms. The Balaban J connectivity index is 3.20. The predicted octanol–water partition coefficient (Wildman–Crippen LogP) is 5.31. The first-order valence-corrected chi connectivity index (χ1v) is 9.10. The van der Waals surface area contributed by atoms with E-state index in [1.807, 2.05) is 0 Å². The van der Waals surface area contributed by atoms with Gasteiger partial charge in [-0.1, -0.05) is 78.1 Å². The second-order valence-corrected chi connectivity index (χ2v) is 6.03. The van der Waals surface area contributed by atoms with Crippen molar-refractivity contribution in [3.8, 4) is 0 Å². The molecule has 0 fully saturated rings. The predicted molar refractivity (Wildman–Crippen MR) is 90.4 cm³/mol. The Morgan fingerprint density at radius 2 is 1.30 bits per heavy atom. The molecule has 2 nitrogen and oxygen atoms in total. The molecule has 0 saturated heterocycles. The van der Waals surface area contributed by atoms with Gasteiger partial charge in [0.05, 0.1) is 6.61 Å². The molecule has 0 spiro atoms. The molecule has 0 rings (SSSR count). The summed E-state index contributed by atoms with van der Waals surface area (Å²) in [6, 6.07) is 0.551. The molecule has 0 aliphatic carbocycles. The van der Waals surface area contributed by atoms with Crippen molar-refractivity contribution in [3.63, 3.8) is 0 Å². The summed E-state index contributed by atoms with van der Waals surface area (Å²) < 4.78 is 5.62. The summed E-state index contributed by atoms with van der Waals surface area (Å²) in [6.07, 6.45) is 16.5. The van der Waals surface area contributed by atoms with E-state index in [0.717, 1.165) is 19.6 Å². The summed E-state index contributed by atoms with van der Waals surface area (Å²) in [5, 5.41) is 3.37. The van der Waals surface area contributed by atoms with E-state index in [-0.39, 0.29) is 0 Å². The molecule has 0 aliphatic rings. The average Bonchev–Trinajstić information content (AvgIpc) is 2.47. The van der Waals surface area contributed by atoms with Crippen LogP contribution in [0.3, 0.4) is 0 Å². The van der Waals surface area contributed by atoms with Gasteiger partial charge in [-0.2, -0.15) is 0 Å². The first-order valence-electron chi connectivity index (χ1n) is 9.10. The van der Waals surface area contributed by atoms with E-state index in [4.69, 9.17) is 4.74 Å². The highest BCUT2D eigenvalue weighted by Gasteiger charge is 2.05. The largest absolute Gasteiger partial charge is 0.380 e. The highest BCUT2D eigenvalue weighted by molar-refractivity contribution is 4.63. The van der Waals surface area contributed by atoms with Gasteiger partial charge in [0.15, 0.2) is 0 Å². The maximum absolute atomic E-state index is 5.62. The number of hydrogen-bond acceptors (Lipinski definition) is 2. The summed E-state index contributed by atoms with van der Waals surface area (Å²) >= 11 is 0. The summed E-state index contributed by atoms with van der Waals surface area (Å²) in [5.74, 6) is 0. The van der Waals surface area contributed by atoms with E-state index in [0.29, 0.717) is 6.04 Å². The van der Waals surface area contributed by atoms with Crippen molar-refractivity contribution in [1.82, 2.24) is 5.32 Å². The van der Waals surface area contributed by atoms with Crippen LogP contribution in [0.2, 0.25) is 0 Å². The van der Waals surface area contributed by atoms with Crippen LogP contribution in [0.1, 0.15) is 90.9 Å². The molecule has 0 bridgehead atoms. The van der Waals surface area contributed by atoms with E-state index in [2.05, 4.69) is 26.2 Å². The van der Waals surface area contributed by atoms with Crippen molar-refractivity contribution in [2.45, 2.75) is 96.9 Å². The Hall–Kier alpha value is -0.0800. The molecule has 0 heterocycles. The third kappa shape index (κ3) is 14.3. The van der Waals surface area contributed by atoms with Crippen molar-refractivity contribution in [1.29, 1.82) is 0 Å². The number of unbranched alkanes of at least 4 members (excludes halogenated alkanes) is 9. The average molecular weight is 286 g/mol. The molecule has 0 amide bonds. The summed E-state index contributed by atoms with van der Waals surface area (Å²) in [5.41, 5.74) is 0. The Morgan fingerprint density at radius 3 is 1.80 bits per heavy atom. The van der Waals surface area contributed by atoms with Crippen LogP contribution < -0.4 is 5.32 Å². The lowest BCUT2D eigenvalue weighted by molar-refractivity contribution is 0.110. The molecule has 0 aromatic carbocycles. The maximum atomic E-state index is 5.62. The van der Waals surface area contributed by atoms with Gasteiger partial charge in [-0.15, -0.1) is 0 Å². The number of rotatable bonds is 16. The molecule has 1 N–H and O–H groups in total. The lowest BCUT2D eigenvalue weighted by atomic mass is 10.0. The zero-order valence-electron chi connectivity index (χ0n) is 14.4. The minimum absolute atomic E-state index is 0.551. The minimum atomic E-state index is 0.551. The van der Waals surface area contributed by atoms with Gasteiger partial charge in [-0.25, -0.2) is 0 Å². The zero-order chi connectivity index (χ0) is 14.9. The summed E-state index contributed by atoms with van der Waals surface area (Å²) in [4.78, 5) is 0. The van der Waals surface area contributed by atoms with Gasteiger partial charge in [-0.05, 0) is 19.9 Å². The van der Waals surface area contributed by atoms with Gasteiger partial charge in [0.25, 0.3) is 0 Å². The number of hydrogen-bond donors (Lipinski definition) is 1. The van der Waals surface area contributed by atoms with Crippen LogP contribution in [-0.2, 0) is 4.74 Å². The molecule has 1 unspecified atom stereocenters. The molecule has 0 aromatic heterocycles. The Bertz CT molecular complexity index is 173. The van der Waals surface area contributed by atoms with Gasteiger partial charge in [0.2, 0.25) is 0 Å². The van der Waals surface area contributed by atoms with Crippen molar-refractivity contribution < 1.29 is 4.74 Å². The van der Waals surface area contributed by atoms with Gasteiger partial charge in [0, 0.05) is 12.6 Å². The standard InChI is InChI=1S/C18H39NO/c1-4-6-7-8-9-10-11-12-13-14-15-18(19-3)17-20-16-5-2/h18-19H,4-17H2,1-3H3.